The summed E-state index contributed by atoms with van der Waals surface area (Å²) in [5.74, 6) is 0. The Balaban J connectivity index is 0.000000104. The minimum Gasteiger partial charge on any atom is -0.200 e. The van der Waals surface area contributed by atoms with Gasteiger partial charge in [-0.05, 0) is 180 Å². The van der Waals surface area contributed by atoms with Crippen molar-refractivity contribution in [1.29, 1.82) is 0 Å². The Morgan fingerprint density at radius 3 is 1.03 bits per heavy atom. The van der Waals surface area contributed by atoms with E-state index >= 15 is 0 Å². The Morgan fingerprint density at radius 1 is 0.233 bits per heavy atom. The van der Waals surface area contributed by atoms with Gasteiger partial charge in [0, 0.05) is 113 Å². The number of benzene rings is 12. The molecule has 498 valence electrons. The molecular weight excluding hydrogens is 1330 g/mol. The molecule has 20 aromatic rings. The van der Waals surface area contributed by atoms with Gasteiger partial charge in [-0.3, -0.25) is 0 Å². The van der Waals surface area contributed by atoms with Gasteiger partial charge in [0.15, 0.2) is 24.8 Å². The standard InChI is InChI=1S/C25H22NS.C24H20NS.2C23H18NS/c1-15-6-8-20(17(3)9-15)23-13-22-21-11-18-7-5-16(2)10-19(18)12-24(21)27-25(22)14-26(23)4;1-15-8-9-19(16(2)10-15)22-13-21-20-11-17-6-4-5-7-18(17)12-23(20)26-24(21)14-25(22)3;1-15-7-3-6-10-18(15)21-13-20-19-11-16-8-4-5-9-17(16)12-22(19)25-23(20)14-24(21)2;1-15-7-3-5-9-17(15)20-13-19-22(14-24(20)2)25-21-12-11-16-8-4-6-10-18(16)23(19)21/h5-14H,1-4H3;4-14H,1-3H3;2*3-14H,1-2H3/q4*+1/i1D3;;;. The number of nitrogens with zero attached hydrogens (tertiary/aromatic N) is 4. The summed E-state index contributed by atoms with van der Waals surface area (Å²) in [6, 6.07) is 89.6. The molecule has 0 aliphatic rings. The van der Waals surface area contributed by atoms with Gasteiger partial charge < -0.3 is 0 Å². The second-order valence-electron chi connectivity index (χ2n) is 27.8. The quantitative estimate of drug-likeness (QED) is 0.156. The molecule has 103 heavy (non-hydrogen) atoms. The van der Waals surface area contributed by atoms with E-state index in [1.54, 1.807) is 12.1 Å². The van der Waals surface area contributed by atoms with Gasteiger partial charge in [0.05, 0.1) is 18.8 Å². The van der Waals surface area contributed by atoms with Crippen LogP contribution in [0.5, 0.6) is 0 Å². The molecule has 0 atom stereocenters. The van der Waals surface area contributed by atoms with Gasteiger partial charge in [0.1, 0.15) is 28.2 Å². The van der Waals surface area contributed by atoms with Crippen molar-refractivity contribution in [2.24, 2.45) is 28.2 Å². The summed E-state index contributed by atoms with van der Waals surface area (Å²) in [7, 11) is 8.48. The molecule has 0 aliphatic carbocycles. The van der Waals surface area contributed by atoms with Crippen molar-refractivity contribution in [2.45, 2.75) is 48.4 Å². The molecular formula is C95H78N4S4+4. The third-order valence-electron chi connectivity index (χ3n) is 20.7. The maximum absolute atomic E-state index is 7.67. The Morgan fingerprint density at radius 2 is 0.563 bits per heavy atom. The first-order valence-corrected chi connectivity index (χ1v) is 38.3. The average Bonchev–Trinajstić information content (AvgIpc) is 1.61. The summed E-state index contributed by atoms with van der Waals surface area (Å²) in [4.78, 5) is 0. The lowest BCUT2D eigenvalue weighted by molar-refractivity contribution is -0.659. The van der Waals surface area contributed by atoms with E-state index in [2.05, 4.69) is 336 Å². The number of rotatable bonds is 4. The highest BCUT2D eigenvalue weighted by Gasteiger charge is 2.23. The van der Waals surface area contributed by atoms with Crippen LogP contribution in [0.3, 0.4) is 0 Å². The minimum absolute atomic E-state index is 0.384. The number of thiophene rings is 4. The normalized spacial score (nSPS) is 12.2. The Kier molecular flexibility index (Phi) is 16.0. The first kappa shape index (κ1) is 62.0. The highest BCUT2D eigenvalue weighted by atomic mass is 32.1. The van der Waals surface area contributed by atoms with Gasteiger partial charge in [-0.2, -0.15) is 18.3 Å². The van der Waals surface area contributed by atoms with Crippen molar-refractivity contribution >= 4 is 169 Å². The highest BCUT2D eigenvalue weighted by molar-refractivity contribution is 7.27. The van der Waals surface area contributed by atoms with Crippen LogP contribution in [0, 0.1) is 48.4 Å². The summed E-state index contributed by atoms with van der Waals surface area (Å²) in [5, 5.41) is 21.1. The maximum atomic E-state index is 7.67. The molecule has 0 amide bonds. The molecule has 0 spiro atoms. The van der Waals surface area contributed by atoms with Crippen LogP contribution in [-0.2, 0) is 28.2 Å². The van der Waals surface area contributed by atoms with Gasteiger partial charge in [-0.25, -0.2) is 0 Å². The Labute approximate surface area is 621 Å². The van der Waals surface area contributed by atoms with Crippen LogP contribution < -0.4 is 18.3 Å². The van der Waals surface area contributed by atoms with Crippen molar-refractivity contribution in [3.8, 4) is 45.0 Å². The van der Waals surface area contributed by atoms with Crippen LogP contribution in [0.25, 0.3) is 169 Å². The van der Waals surface area contributed by atoms with Gasteiger partial charge in [-0.15, -0.1) is 45.3 Å². The number of aromatic nitrogens is 4. The van der Waals surface area contributed by atoms with Gasteiger partial charge in [0.25, 0.3) is 0 Å². The van der Waals surface area contributed by atoms with E-state index in [4.69, 9.17) is 4.11 Å². The maximum Gasteiger partial charge on any atom is 0.213 e. The number of hydrogen-bond acceptors (Lipinski definition) is 4. The van der Waals surface area contributed by atoms with Crippen LogP contribution in [0.1, 0.15) is 43.1 Å². The molecule has 8 heteroatoms. The summed E-state index contributed by atoms with van der Waals surface area (Å²) in [6.45, 7) is 10.7. The van der Waals surface area contributed by atoms with Crippen molar-refractivity contribution in [1.82, 2.24) is 0 Å². The first-order chi connectivity index (χ1) is 51.2. The molecule has 0 N–H and O–H groups in total. The second-order valence-corrected chi connectivity index (χ2v) is 32.2. The molecule has 0 aliphatic heterocycles. The van der Waals surface area contributed by atoms with Crippen LogP contribution in [0.4, 0.5) is 0 Å². The number of pyridine rings is 4. The SMILES string of the molecule is Cc1ccc(-c2cc3c(c[n+]2C)sc2cc4ccccc4cc23)c(C)c1.Cc1ccccc1-c1cc2c(c[n+]1C)sc1cc3ccccc3cc12.Cc1ccccc1-c1cc2c(c[n+]1C)sc1ccc3ccccc3c12.[2H]C([2H])([2H])c1ccc(-c2cc3c(c[n+]2C)sc2cc4cc(C)ccc4cc23)c(C)c1. The summed E-state index contributed by atoms with van der Waals surface area (Å²) < 4.78 is 42.5. The zero-order chi connectivity index (χ0) is 73.0. The second kappa shape index (κ2) is 26.5. The topological polar surface area (TPSA) is 15.5 Å². The van der Waals surface area contributed by atoms with E-state index < -0.39 is 6.85 Å². The van der Waals surface area contributed by atoms with E-state index in [1.165, 1.54) is 185 Å². The molecule has 0 bridgehead atoms. The van der Waals surface area contributed by atoms with E-state index in [0.29, 0.717) is 5.56 Å². The van der Waals surface area contributed by atoms with Crippen molar-refractivity contribution in [2.75, 3.05) is 0 Å². The number of hydrogen-bond donors (Lipinski definition) is 0. The van der Waals surface area contributed by atoms with Crippen molar-refractivity contribution in [3.05, 3.63) is 312 Å². The molecule has 8 heterocycles. The molecule has 0 unspecified atom stereocenters. The van der Waals surface area contributed by atoms with Crippen molar-refractivity contribution in [3.63, 3.8) is 0 Å². The molecule has 12 aromatic carbocycles. The molecule has 20 rings (SSSR count). The zero-order valence-electron chi connectivity index (χ0n) is 62.4. The first-order valence-electron chi connectivity index (χ1n) is 36.5. The zero-order valence-corrected chi connectivity index (χ0v) is 62.7. The van der Waals surface area contributed by atoms with E-state index in [0.717, 1.165) is 16.8 Å². The van der Waals surface area contributed by atoms with E-state index in [-0.39, 0.29) is 0 Å². The third-order valence-corrected chi connectivity index (χ3v) is 25.1. The van der Waals surface area contributed by atoms with Gasteiger partial charge in [-0.1, -0.05) is 174 Å². The fourth-order valence-corrected chi connectivity index (χ4v) is 20.1. The summed E-state index contributed by atoms with van der Waals surface area (Å²) >= 11 is 7.45. The smallest absolute Gasteiger partial charge is 0.200 e. The number of aryl methyl sites for hydroxylation is 11. The van der Waals surface area contributed by atoms with E-state index in [9.17, 15) is 0 Å². The molecule has 0 radical (unpaired) electrons. The fraction of sp³-hybridized carbons (Fsp3) is 0.116. The Bertz CT molecular complexity index is 6960. The lowest BCUT2D eigenvalue weighted by Crippen LogP contribution is -2.30. The molecule has 4 nitrogen and oxygen atoms in total. The number of fused-ring (bicyclic) bond motifs is 17. The predicted octanol–water partition coefficient (Wildman–Crippen LogP) is 25.0. The fourth-order valence-electron chi connectivity index (χ4n) is 15.3. The lowest BCUT2D eigenvalue weighted by atomic mass is 10.0. The summed E-state index contributed by atoms with van der Waals surface area (Å²) in [6.07, 6.45) is 9.00. The lowest BCUT2D eigenvalue weighted by Gasteiger charge is -2.06. The monoisotopic (exact) mass is 1410 g/mol. The van der Waals surface area contributed by atoms with Gasteiger partial charge >= 0.3 is 0 Å². The molecule has 8 aromatic heterocycles. The third kappa shape index (κ3) is 12.2. The molecule has 0 fully saturated rings. The van der Waals surface area contributed by atoms with Crippen LogP contribution in [0.2, 0.25) is 0 Å². The van der Waals surface area contributed by atoms with Gasteiger partial charge in [0.2, 0.25) is 22.8 Å². The molecule has 0 saturated carbocycles. The predicted molar refractivity (Wildman–Crippen MR) is 447 cm³/mol. The summed E-state index contributed by atoms with van der Waals surface area (Å²) in [5.41, 5.74) is 17.7. The van der Waals surface area contributed by atoms with Crippen LogP contribution in [-0.4, -0.2) is 0 Å². The van der Waals surface area contributed by atoms with Crippen LogP contribution >= 0.6 is 45.3 Å². The average molecular weight is 1410 g/mol. The van der Waals surface area contributed by atoms with Crippen molar-refractivity contribution < 1.29 is 22.4 Å². The highest BCUT2D eigenvalue weighted by Crippen LogP contribution is 2.43. The minimum atomic E-state index is -2.08. The molecule has 0 saturated heterocycles. The Hall–Kier alpha value is -10.8. The van der Waals surface area contributed by atoms with E-state index in [1.807, 2.05) is 58.3 Å². The largest absolute Gasteiger partial charge is 0.213 e. The van der Waals surface area contributed by atoms with Crippen LogP contribution in [0.15, 0.2) is 274 Å².